The molecule has 1 aromatic heterocycles. The molecule has 0 amide bonds. The third-order valence-electron chi connectivity index (χ3n) is 4.93. The van der Waals surface area contributed by atoms with Crippen molar-refractivity contribution in [2.24, 2.45) is 5.92 Å². The molecule has 2 saturated heterocycles. The molecule has 116 valence electrons. The molecule has 4 nitrogen and oxygen atoms in total. The van der Waals surface area contributed by atoms with E-state index in [1.807, 2.05) is 6.20 Å². The maximum atomic E-state index is 6.28. The molecule has 0 unspecified atom stereocenters. The van der Waals surface area contributed by atoms with Gasteiger partial charge in [-0.3, -0.25) is 4.90 Å². The largest absolute Gasteiger partial charge is 0.378 e. The van der Waals surface area contributed by atoms with E-state index in [0.717, 1.165) is 45.1 Å². The number of aromatic nitrogens is 1. The second kappa shape index (κ2) is 6.32. The van der Waals surface area contributed by atoms with Crippen molar-refractivity contribution in [3.05, 3.63) is 16.6 Å². The Balaban J connectivity index is 1.25. The van der Waals surface area contributed by atoms with Gasteiger partial charge in [0.05, 0.1) is 25.4 Å². The minimum atomic E-state index is 0.324. The summed E-state index contributed by atoms with van der Waals surface area (Å²) in [6.07, 6.45) is 8.91. The van der Waals surface area contributed by atoms with Crippen LogP contribution < -0.4 is 0 Å². The van der Waals surface area contributed by atoms with Crippen LogP contribution in [0, 0.1) is 5.92 Å². The fourth-order valence-corrected chi connectivity index (χ4v) is 4.20. The zero-order chi connectivity index (χ0) is 14.1. The molecule has 3 atom stereocenters. The molecule has 5 heteroatoms. The second-order valence-corrected chi connectivity index (χ2v) is 7.59. The van der Waals surface area contributed by atoms with Crippen LogP contribution in [0.4, 0.5) is 0 Å². The average Bonchev–Trinajstić information content (AvgIpc) is 3.03. The van der Waals surface area contributed by atoms with Gasteiger partial charge in [-0.1, -0.05) is 0 Å². The van der Waals surface area contributed by atoms with E-state index in [1.54, 1.807) is 11.3 Å². The highest BCUT2D eigenvalue weighted by molar-refractivity contribution is 7.09. The van der Waals surface area contributed by atoms with Crippen molar-refractivity contribution >= 4 is 11.3 Å². The van der Waals surface area contributed by atoms with Crippen LogP contribution in [0.15, 0.2) is 11.6 Å². The van der Waals surface area contributed by atoms with Crippen LogP contribution in [0.2, 0.25) is 0 Å². The summed E-state index contributed by atoms with van der Waals surface area (Å²) in [5.41, 5.74) is 0. The van der Waals surface area contributed by atoms with E-state index in [2.05, 4.69) is 15.3 Å². The summed E-state index contributed by atoms with van der Waals surface area (Å²) in [6.45, 7) is 3.88. The molecule has 1 saturated carbocycles. The molecule has 1 aliphatic carbocycles. The molecule has 3 heterocycles. The molecular weight excluding hydrogens is 284 g/mol. The number of hydrogen-bond acceptors (Lipinski definition) is 5. The Morgan fingerprint density at radius 2 is 2.19 bits per heavy atom. The summed E-state index contributed by atoms with van der Waals surface area (Å²) in [5.74, 6) is 0.849. The normalized spacial score (nSPS) is 33.2. The van der Waals surface area contributed by atoms with E-state index >= 15 is 0 Å². The van der Waals surface area contributed by atoms with Gasteiger partial charge in [0.15, 0.2) is 0 Å². The fraction of sp³-hybridized carbons (Fsp3) is 0.812. The quantitative estimate of drug-likeness (QED) is 0.809. The van der Waals surface area contributed by atoms with Gasteiger partial charge < -0.3 is 9.47 Å². The van der Waals surface area contributed by atoms with Crippen molar-refractivity contribution in [3.8, 4) is 0 Å². The lowest BCUT2D eigenvalue weighted by Crippen LogP contribution is -2.43. The van der Waals surface area contributed by atoms with Crippen molar-refractivity contribution in [1.29, 1.82) is 0 Å². The van der Waals surface area contributed by atoms with E-state index in [4.69, 9.17) is 9.47 Å². The molecule has 4 rings (SSSR count). The zero-order valence-corrected chi connectivity index (χ0v) is 13.3. The lowest BCUT2D eigenvalue weighted by molar-refractivity contribution is -0.101. The van der Waals surface area contributed by atoms with Crippen LogP contribution >= 0.6 is 11.3 Å². The van der Waals surface area contributed by atoms with E-state index in [-0.39, 0.29) is 0 Å². The van der Waals surface area contributed by atoms with Gasteiger partial charge >= 0.3 is 0 Å². The highest BCUT2D eigenvalue weighted by Crippen LogP contribution is 2.33. The first-order chi connectivity index (χ1) is 10.4. The predicted molar refractivity (Wildman–Crippen MR) is 82.4 cm³/mol. The number of fused-ring (bicyclic) bond motifs is 1. The highest BCUT2D eigenvalue weighted by Gasteiger charge is 2.40. The molecule has 0 spiro atoms. The van der Waals surface area contributed by atoms with E-state index in [1.165, 1.54) is 24.3 Å². The predicted octanol–water partition coefficient (Wildman–Crippen LogP) is 2.69. The lowest BCUT2D eigenvalue weighted by atomic mass is 9.99. The molecule has 3 fully saturated rings. The van der Waals surface area contributed by atoms with Gasteiger partial charge in [-0.25, -0.2) is 4.98 Å². The molecular formula is C16H24N2O2S. The SMILES string of the molecule is c1csc(CN2CC[C@@H]3O[C@@H](COCC4CC4)CC[C@@H]32)n1. The molecule has 0 radical (unpaired) electrons. The first kappa shape index (κ1) is 14.1. The number of ether oxygens (including phenoxy) is 2. The minimum Gasteiger partial charge on any atom is -0.378 e. The van der Waals surface area contributed by atoms with Crippen LogP contribution in [-0.2, 0) is 16.0 Å². The topological polar surface area (TPSA) is 34.6 Å². The summed E-state index contributed by atoms with van der Waals surface area (Å²) < 4.78 is 12.1. The monoisotopic (exact) mass is 308 g/mol. The number of likely N-dealkylation sites (tertiary alicyclic amines) is 1. The maximum Gasteiger partial charge on any atom is 0.107 e. The second-order valence-electron chi connectivity index (χ2n) is 6.61. The van der Waals surface area contributed by atoms with Crippen LogP contribution in [-0.4, -0.2) is 47.9 Å². The Morgan fingerprint density at radius 1 is 1.24 bits per heavy atom. The van der Waals surface area contributed by atoms with E-state index in [0.29, 0.717) is 18.2 Å². The van der Waals surface area contributed by atoms with Crippen molar-refractivity contribution in [3.63, 3.8) is 0 Å². The fourth-order valence-electron chi connectivity index (χ4n) is 3.56. The third kappa shape index (κ3) is 3.47. The Morgan fingerprint density at radius 3 is 3.00 bits per heavy atom. The molecule has 2 aliphatic heterocycles. The van der Waals surface area contributed by atoms with Crippen molar-refractivity contribution in [2.45, 2.75) is 56.9 Å². The van der Waals surface area contributed by atoms with Gasteiger partial charge in [-0.15, -0.1) is 11.3 Å². The van der Waals surface area contributed by atoms with Crippen LogP contribution in [0.3, 0.4) is 0 Å². The van der Waals surface area contributed by atoms with Crippen LogP contribution in [0.5, 0.6) is 0 Å². The van der Waals surface area contributed by atoms with Gasteiger partial charge in [0.2, 0.25) is 0 Å². The summed E-state index contributed by atoms with van der Waals surface area (Å²) in [4.78, 5) is 6.97. The Labute approximate surface area is 130 Å². The van der Waals surface area contributed by atoms with Crippen LogP contribution in [0.25, 0.3) is 0 Å². The summed E-state index contributed by atoms with van der Waals surface area (Å²) in [5, 5.41) is 3.29. The molecule has 21 heavy (non-hydrogen) atoms. The molecule has 0 bridgehead atoms. The van der Waals surface area contributed by atoms with Crippen molar-refractivity contribution < 1.29 is 9.47 Å². The number of hydrogen-bond donors (Lipinski definition) is 0. The van der Waals surface area contributed by atoms with Gasteiger partial charge in [0.25, 0.3) is 0 Å². The molecule has 0 N–H and O–H groups in total. The number of nitrogens with zero attached hydrogens (tertiary/aromatic N) is 2. The zero-order valence-electron chi connectivity index (χ0n) is 12.4. The standard InChI is InChI=1S/C16H24N2O2S/c1-2-12(1)10-19-11-13-3-4-14-15(20-13)5-7-18(14)9-16-17-6-8-21-16/h6,8,12-15H,1-5,7,9-11H2/t13-,14+,15+/m1/s1. The van der Waals surface area contributed by atoms with Crippen molar-refractivity contribution in [2.75, 3.05) is 19.8 Å². The highest BCUT2D eigenvalue weighted by atomic mass is 32.1. The number of rotatable bonds is 6. The molecule has 3 aliphatic rings. The average molecular weight is 308 g/mol. The van der Waals surface area contributed by atoms with Gasteiger partial charge in [-0.2, -0.15) is 0 Å². The third-order valence-corrected chi connectivity index (χ3v) is 5.69. The minimum absolute atomic E-state index is 0.324. The number of thiazole rings is 1. The summed E-state index contributed by atoms with van der Waals surface area (Å²) in [7, 11) is 0. The van der Waals surface area contributed by atoms with Crippen molar-refractivity contribution in [1.82, 2.24) is 9.88 Å². The smallest absolute Gasteiger partial charge is 0.107 e. The summed E-state index contributed by atoms with van der Waals surface area (Å²) >= 11 is 1.76. The van der Waals surface area contributed by atoms with Crippen LogP contribution in [0.1, 0.15) is 37.1 Å². The summed E-state index contributed by atoms with van der Waals surface area (Å²) in [6, 6.07) is 0.591. The van der Waals surface area contributed by atoms with Gasteiger partial charge in [0.1, 0.15) is 5.01 Å². The Hall–Kier alpha value is -0.490. The van der Waals surface area contributed by atoms with Gasteiger partial charge in [0, 0.05) is 30.8 Å². The van der Waals surface area contributed by atoms with Gasteiger partial charge in [-0.05, 0) is 38.0 Å². The maximum absolute atomic E-state index is 6.28. The molecule has 0 aromatic carbocycles. The van der Waals surface area contributed by atoms with E-state index in [9.17, 15) is 0 Å². The first-order valence-corrected chi connectivity index (χ1v) is 9.12. The Kier molecular flexibility index (Phi) is 4.25. The first-order valence-electron chi connectivity index (χ1n) is 8.24. The molecule has 1 aromatic rings. The Bertz CT molecular complexity index is 449. The lowest BCUT2D eigenvalue weighted by Gasteiger charge is -2.35. The van der Waals surface area contributed by atoms with E-state index < -0.39 is 0 Å².